The molecule has 2 atom stereocenters. The Morgan fingerprint density at radius 1 is 1.36 bits per heavy atom. The molecule has 0 aromatic heterocycles. The number of carbonyl (C=O) groups is 1. The fourth-order valence-corrected chi connectivity index (χ4v) is 1.76. The van der Waals surface area contributed by atoms with E-state index < -0.39 is 0 Å². The summed E-state index contributed by atoms with van der Waals surface area (Å²) in [5, 5.41) is 0.711. The van der Waals surface area contributed by atoms with E-state index in [4.69, 9.17) is 11.6 Å². The summed E-state index contributed by atoms with van der Waals surface area (Å²) in [4.78, 5) is 10.8. The molecule has 0 spiro atoms. The third kappa shape index (κ3) is 1.80. The smallest absolute Gasteiger partial charge is 0.126 e. The van der Waals surface area contributed by atoms with E-state index in [2.05, 4.69) is 10.9 Å². The van der Waals surface area contributed by atoms with Crippen molar-refractivity contribution in [2.45, 2.75) is 6.04 Å². The molecule has 1 aliphatic rings. The quantitative estimate of drug-likeness (QED) is 0.724. The van der Waals surface area contributed by atoms with Gasteiger partial charge in [0, 0.05) is 17.5 Å². The number of hydrogen-bond donors (Lipinski definition) is 2. The van der Waals surface area contributed by atoms with Crippen LogP contribution in [-0.4, -0.2) is 12.8 Å². The average molecular weight is 211 g/mol. The minimum atomic E-state index is -0.00354. The zero-order valence-corrected chi connectivity index (χ0v) is 8.29. The Balaban J connectivity index is 2.21. The molecule has 0 bridgehead atoms. The van der Waals surface area contributed by atoms with Crippen molar-refractivity contribution in [1.82, 2.24) is 10.9 Å². The molecule has 1 aromatic carbocycles. The van der Waals surface area contributed by atoms with E-state index in [9.17, 15) is 4.79 Å². The lowest BCUT2D eigenvalue weighted by molar-refractivity contribution is -0.111. The Morgan fingerprint density at radius 2 is 2.07 bits per heavy atom. The molecule has 4 heteroatoms. The summed E-state index contributed by atoms with van der Waals surface area (Å²) in [7, 11) is 0. The van der Waals surface area contributed by atoms with Gasteiger partial charge in [0.05, 0.1) is 6.04 Å². The summed E-state index contributed by atoms with van der Waals surface area (Å²) in [5.74, 6) is -0.00354. The molecule has 1 aliphatic heterocycles. The van der Waals surface area contributed by atoms with Gasteiger partial charge in [-0.3, -0.25) is 5.43 Å². The average Bonchev–Trinajstić information content (AvgIpc) is 2.67. The highest BCUT2D eigenvalue weighted by Gasteiger charge is 2.27. The number of hydrazine groups is 1. The lowest BCUT2D eigenvalue weighted by atomic mass is 9.96. The monoisotopic (exact) mass is 210 g/mol. The van der Waals surface area contributed by atoms with Gasteiger partial charge >= 0.3 is 0 Å². The standard InChI is InChI=1S/C10H11ClN2O/c11-9-3-1-7(2-4-9)10-8(6-14)5-12-13-10/h1-4,6,8,10,12-13H,5H2. The third-order valence-electron chi connectivity index (χ3n) is 2.43. The Bertz CT molecular complexity index is 325. The van der Waals surface area contributed by atoms with Crippen molar-refractivity contribution >= 4 is 17.9 Å². The van der Waals surface area contributed by atoms with Crippen molar-refractivity contribution < 1.29 is 4.79 Å². The highest BCUT2D eigenvalue weighted by atomic mass is 35.5. The third-order valence-corrected chi connectivity index (χ3v) is 2.68. The second kappa shape index (κ2) is 4.09. The lowest BCUT2D eigenvalue weighted by Crippen LogP contribution is -2.25. The van der Waals surface area contributed by atoms with Gasteiger partial charge in [-0.2, -0.15) is 0 Å². The van der Waals surface area contributed by atoms with E-state index >= 15 is 0 Å². The summed E-state index contributed by atoms with van der Waals surface area (Å²) in [6.07, 6.45) is 0.978. The zero-order chi connectivity index (χ0) is 9.97. The fraction of sp³-hybridized carbons (Fsp3) is 0.300. The van der Waals surface area contributed by atoms with Crippen LogP contribution in [0.1, 0.15) is 11.6 Å². The molecule has 1 saturated heterocycles. The van der Waals surface area contributed by atoms with Crippen molar-refractivity contribution in [2.24, 2.45) is 5.92 Å². The van der Waals surface area contributed by atoms with Crippen LogP contribution in [0.2, 0.25) is 5.02 Å². The van der Waals surface area contributed by atoms with Gasteiger partial charge in [0.1, 0.15) is 6.29 Å². The Hall–Kier alpha value is -0.900. The number of nitrogens with one attached hydrogen (secondary N) is 2. The highest BCUT2D eigenvalue weighted by Crippen LogP contribution is 2.24. The number of halogens is 1. The molecular formula is C10H11ClN2O. The number of benzene rings is 1. The lowest BCUT2D eigenvalue weighted by Gasteiger charge is -2.13. The second-order valence-electron chi connectivity index (χ2n) is 3.35. The van der Waals surface area contributed by atoms with Gasteiger partial charge in [-0.1, -0.05) is 23.7 Å². The minimum Gasteiger partial charge on any atom is -0.303 e. The normalized spacial score (nSPS) is 26.4. The van der Waals surface area contributed by atoms with Crippen molar-refractivity contribution in [2.75, 3.05) is 6.54 Å². The summed E-state index contributed by atoms with van der Waals surface area (Å²) in [6, 6.07) is 7.59. The predicted octanol–water partition coefficient (Wildman–Crippen LogP) is 1.30. The molecular weight excluding hydrogens is 200 g/mol. The number of rotatable bonds is 2. The number of aldehydes is 1. The van der Waals surface area contributed by atoms with E-state index in [1.807, 2.05) is 24.3 Å². The first-order valence-corrected chi connectivity index (χ1v) is 4.88. The van der Waals surface area contributed by atoms with Gasteiger partial charge < -0.3 is 4.79 Å². The van der Waals surface area contributed by atoms with Gasteiger partial charge in [0.25, 0.3) is 0 Å². The van der Waals surface area contributed by atoms with Crippen LogP contribution in [0.25, 0.3) is 0 Å². The fourth-order valence-electron chi connectivity index (χ4n) is 1.64. The zero-order valence-electron chi connectivity index (χ0n) is 7.53. The summed E-state index contributed by atoms with van der Waals surface area (Å²) in [6.45, 7) is 0.677. The Kier molecular flexibility index (Phi) is 2.82. The van der Waals surface area contributed by atoms with Crippen LogP contribution in [0, 0.1) is 5.92 Å². The molecule has 0 radical (unpaired) electrons. The molecule has 74 valence electrons. The van der Waals surface area contributed by atoms with E-state index in [-0.39, 0.29) is 12.0 Å². The number of carbonyl (C=O) groups excluding carboxylic acids is 1. The van der Waals surface area contributed by atoms with Crippen LogP contribution in [0.15, 0.2) is 24.3 Å². The molecule has 0 aliphatic carbocycles. The SMILES string of the molecule is O=CC1CNNC1c1ccc(Cl)cc1. The molecule has 1 heterocycles. The summed E-state index contributed by atoms with van der Waals surface area (Å²) < 4.78 is 0. The van der Waals surface area contributed by atoms with E-state index in [1.165, 1.54) is 0 Å². The van der Waals surface area contributed by atoms with Gasteiger partial charge in [-0.25, -0.2) is 5.43 Å². The van der Waals surface area contributed by atoms with Crippen LogP contribution < -0.4 is 10.9 Å². The molecule has 2 N–H and O–H groups in total. The Morgan fingerprint density at radius 3 is 2.71 bits per heavy atom. The topological polar surface area (TPSA) is 41.1 Å². The molecule has 2 unspecified atom stereocenters. The highest BCUT2D eigenvalue weighted by molar-refractivity contribution is 6.30. The molecule has 14 heavy (non-hydrogen) atoms. The first kappa shape index (κ1) is 9.65. The largest absolute Gasteiger partial charge is 0.303 e. The maximum Gasteiger partial charge on any atom is 0.126 e. The maximum atomic E-state index is 10.8. The summed E-state index contributed by atoms with van der Waals surface area (Å²) in [5.41, 5.74) is 7.12. The van der Waals surface area contributed by atoms with Crippen molar-refractivity contribution in [3.63, 3.8) is 0 Å². The predicted molar refractivity (Wildman–Crippen MR) is 54.9 cm³/mol. The van der Waals surface area contributed by atoms with Crippen molar-refractivity contribution in [1.29, 1.82) is 0 Å². The van der Waals surface area contributed by atoms with Crippen LogP contribution in [0.3, 0.4) is 0 Å². The first-order valence-electron chi connectivity index (χ1n) is 4.50. The van der Waals surface area contributed by atoms with Gasteiger partial charge in [-0.05, 0) is 17.7 Å². The molecule has 3 nitrogen and oxygen atoms in total. The van der Waals surface area contributed by atoms with Crippen LogP contribution >= 0.6 is 11.6 Å². The second-order valence-corrected chi connectivity index (χ2v) is 3.79. The van der Waals surface area contributed by atoms with Gasteiger partial charge in [0.15, 0.2) is 0 Å². The molecule has 1 fully saturated rings. The molecule has 0 amide bonds. The molecule has 1 aromatic rings. The van der Waals surface area contributed by atoms with Crippen LogP contribution in [-0.2, 0) is 4.79 Å². The van der Waals surface area contributed by atoms with Crippen LogP contribution in [0.5, 0.6) is 0 Å². The van der Waals surface area contributed by atoms with Crippen molar-refractivity contribution in [3.05, 3.63) is 34.9 Å². The minimum absolute atomic E-state index is 0.00354. The Labute approximate surface area is 87.4 Å². The van der Waals surface area contributed by atoms with Crippen LogP contribution in [0.4, 0.5) is 0 Å². The summed E-state index contributed by atoms with van der Waals surface area (Å²) >= 11 is 5.78. The van der Waals surface area contributed by atoms with E-state index in [1.54, 1.807) is 0 Å². The van der Waals surface area contributed by atoms with Crippen molar-refractivity contribution in [3.8, 4) is 0 Å². The van der Waals surface area contributed by atoms with E-state index in [0.29, 0.717) is 11.6 Å². The van der Waals surface area contributed by atoms with Gasteiger partial charge in [0.2, 0.25) is 0 Å². The van der Waals surface area contributed by atoms with Gasteiger partial charge in [-0.15, -0.1) is 0 Å². The molecule has 2 rings (SSSR count). The maximum absolute atomic E-state index is 10.8. The molecule has 0 saturated carbocycles. The first-order chi connectivity index (χ1) is 6.81. The number of hydrogen-bond acceptors (Lipinski definition) is 3. The van der Waals surface area contributed by atoms with E-state index in [0.717, 1.165) is 11.8 Å².